The zero-order valence-electron chi connectivity index (χ0n) is 13.0. The van der Waals surface area contributed by atoms with Crippen LogP contribution in [0.15, 0.2) is 30.3 Å². The molecule has 0 aliphatic heterocycles. The van der Waals surface area contributed by atoms with Crippen LogP contribution in [0.3, 0.4) is 0 Å². The molecule has 2 saturated carbocycles. The molecule has 0 saturated heterocycles. The third kappa shape index (κ3) is 3.29. The van der Waals surface area contributed by atoms with Gasteiger partial charge >= 0.3 is 0 Å². The average Bonchev–Trinajstić information content (AvgIpc) is 3.08. The maximum Gasteiger partial charge on any atom is 0.0924 e. The summed E-state index contributed by atoms with van der Waals surface area (Å²) in [5, 5.41) is 7.69. The van der Waals surface area contributed by atoms with E-state index in [-0.39, 0.29) is 11.9 Å². The van der Waals surface area contributed by atoms with Gasteiger partial charge in [-0.3, -0.25) is 10.3 Å². The summed E-state index contributed by atoms with van der Waals surface area (Å²) in [6.45, 7) is 1.15. The smallest absolute Gasteiger partial charge is 0.0924 e. The maximum atomic E-state index is 7.69. The van der Waals surface area contributed by atoms with Crippen molar-refractivity contribution in [3.63, 3.8) is 0 Å². The third-order valence-electron chi connectivity index (χ3n) is 5.54. The SMILES string of the molecule is CN(CC1CC2CCC1C2)C(CC(=N)N)c1ccccc1. The van der Waals surface area contributed by atoms with Crippen molar-refractivity contribution >= 4 is 5.84 Å². The van der Waals surface area contributed by atoms with E-state index in [4.69, 9.17) is 11.1 Å². The van der Waals surface area contributed by atoms with Gasteiger partial charge in [-0.15, -0.1) is 0 Å². The van der Waals surface area contributed by atoms with Crippen LogP contribution in [-0.4, -0.2) is 24.3 Å². The summed E-state index contributed by atoms with van der Waals surface area (Å²) in [4.78, 5) is 2.43. The summed E-state index contributed by atoms with van der Waals surface area (Å²) in [6.07, 6.45) is 6.39. The zero-order chi connectivity index (χ0) is 14.8. The predicted octanol–water partition coefficient (Wildman–Crippen LogP) is 3.42. The van der Waals surface area contributed by atoms with E-state index in [9.17, 15) is 0 Å². The number of nitrogens with two attached hydrogens (primary N) is 1. The van der Waals surface area contributed by atoms with E-state index in [1.54, 1.807) is 0 Å². The lowest BCUT2D eigenvalue weighted by molar-refractivity contribution is 0.175. The minimum Gasteiger partial charge on any atom is -0.388 e. The highest BCUT2D eigenvalue weighted by Crippen LogP contribution is 2.48. The number of hydrogen-bond acceptors (Lipinski definition) is 2. The second-order valence-corrected chi connectivity index (χ2v) is 7.03. The van der Waals surface area contributed by atoms with Crippen LogP contribution in [0, 0.1) is 23.2 Å². The lowest BCUT2D eigenvalue weighted by Crippen LogP contribution is -2.34. The van der Waals surface area contributed by atoms with Gasteiger partial charge in [-0.2, -0.15) is 0 Å². The van der Waals surface area contributed by atoms with Gasteiger partial charge in [-0.05, 0) is 49.6 Å². The Morgan fingerprint density at radius 1 is 1.29 bits per heavy atom. The zero-order valence-corrected chi connectivity index (χ0v) is 13.0. The molecule has 0 radical (unpaired) electrons. The lowest BCUT2D eigenvalue weighted by atomic mass is 9.88. The van der Waals surface area contributed by atoms with Gasteiger partial charge in [0, 0.05) is 19.0 Å². The van der Waals surface area contributed by atoms with Crippen LogP contribution in [0.5, 0.6) is 0 Å². The van der Waals surface area contributed by atoms with Crippen molar-refractivity contribution in [1.29, 1.82) is 5.41 Å². The number of nitrogens with zero attached hydrogens (tertiary/aromatic N) is 1. The number of fused-ring (bicyclic) bond motifs is 2. The van der Waals surface area contributed by atoms with E-state index in [0.29, 0.717) is 6.42 Å². The Labute approximate surface area is 128 Å². The number of rotatable bonds is 6. The van der Waals surface area contributed by atoms with Gasteiger partial charge < -0.3 is 5.73 Å². The number of amidine groups is 1. The van der Waals surface area contributed by atoms with Crippen LogP contribution < -0.4 is 5.73 Å². The van der Waals surface area contributed by atoms with E-state index in [1.165, 1.54) is 31.2 Å². The fraction of sp³-hybridized carbons (Fsp3) is 0.611. The molecule has 0 heterocycles. The fourth-order valence-electron chi connectivity index (χ4n) is 4.51. The second-order valence-electron chi connectivity index (χ2n) is 7.03. The van der Waals surface area contributed by atoms with Crippen LogP contribution >= 0.6 is 0 Å². The maximum absolute atomic E-state index is 7.69. The van der Waals surface area contributed by atoms with Gasteiger partial charge in [0.15, 0.2) is 0 Å². The molecule has 2 aliphatic carbocycles. The molecule has 21 heavy (non-hydrogen) atoms. The Kier molecular flexibility index (Phi) is 4.29. The Morgan fingerprint density at radius 2 is 2.05 bits per heavy atom. The molecule has 0 spiro atoms. The molecule has 2 fully saturated rings. The standard InChI is InChI=1S/C18H27N3/c1-21(12-16-10-13-7-8-15(16)9-13)17(11-18(19)20)14-5-3-2-4-6-14/h2-6,13,15-17H,7-12H2,1H3,(H3,19,20). The summed E-state index contributed by atoms with van der Waals surface area (Å²) >= 11 is 0. The van der Waals surface area contributed by atoms with Crippen molar-refractivity contribution in [2.24, 2.45) is 23.5 Å². The molecule has 1 aromatic carbocycles. The molecule has 0 amide bonds. The van der Waals surface area contributed by atoms with Crippen molar-refractivity contribution in [2.45, 2.75) is 38.1 Å². The Bertz CT molecular complexity index is 484. The Hall–Kier alpha value is -1.35. The first-order valence-electron chi connectivity index (χ1n) is 8.21. The number of hydrogen-bond donors (Lipinski definition) is 2. The summed E-state index contributed by atoms with van der Waals surface area (Å²) < 4.78 is 0. The van der Waals surface area contributed by atoms with Gasteiger partial charge in [-0.1, -0.05) is 36.8 Å². The monoisotopic (exact) mass is 285 g/mol. The molecular weight excluding hydrogens is 258 g/mol. The average molecular weight is 285 g/mol. The van der Waals surface area contributed by atoms with Crippen molar-refractivity contribution in [3.05, 3.63) is 35.9 Å². The summed E-state index contributed by atoms with van der Waals surface area (Å²) in [7, 11) is 2.20. The van der Waals surface area contributed by atoms with Crippen LogP contribution in [0.4, 0.5) is 0 Å². The lowest BCUT2D eigenvalue weighted by Gasteiger charge is -2.33. The van der Waals surface area contributed by atoms with Crippen LogP contribution in [-0.2, 0) is 0 Å². The van der Waals surface area contributed by atoms with Crippen molar-refractivity contribution in [1.82, 2.24) is 4.90 Å². The number of benzene rings is 1. The molecule has 1 aromatic rings. The normalized spacial score (nSPS) is 29.0. The minimum absolute atomic E-state index is 0.239. The van der Waals surface area contributed by atoms with E-state index in [1.807, 2.05) is 6.07 Å². The van der Waals surface area contributed by atoms with Gasteiger partial charge in [0.2, 0.25) is 0 Å². The van der Waals surface area contributed by atoms with Crippen LogP contribution in [0.25, 0.3) is 0 Å². The highest BCUT2D eigenvalue weighted by atomic mass is 15.1. The van der Waals surface area contributed by atoms with Gasteiger partial charge in [-0.25, -0.2) is 0 Å². The topological polar surface area (TPSA) is 53.1 Å². The van der Waals surface area contributed by atoms with E-state index in [2.05, 4.69) is 36.2 Å². The summed E-state index contributed by atoms with van der Waals surface area (Å²) in [5.74, 6) is 3.08. The van der Waals surface area contributed by atoms with Crippen LogP contribution in [0.2, 0.25) is 0 Å². The van der Waals surface area contributed by atoms with Crippen molar-refractivity contribution < 1.29 is 0 Å². The first kappa shape index (κ1) is 14.6. The second kappa shape index (κ2) is 6.18. The fourth-order valence-corrected chi connectivity index (χ4v) is 4.51. The molecule has 4 atom stereocenters. The Balaban J connectivity index is 1.69. The van der Waals surface area contributed by atoms with E-state index < -0.39 is 0 Å². The first-order chi connectivity index (χ1) is 10.1. The highest BCUT2D eigenvalue weighted by molar-refractivity contribution is 5.77. The first-order valence-corrected chi connectivity index (χ1v) is 8.21. The Morgan fingerprint density at radius 3 is 2.62 bits per heavy atom. The molecule has 0 aromatic heterocycles. The minimum atomic E-state index is 0.239. The van der Waals surface area contributed by atoms with E-state index in [0.717, 1.165) is 24.3 Å². The molecule has 2 aliphatic rings. The molecule has 114 valence electrons. The molecule has 3 nitrogen and oxygen atoms in total. The molecule has 3 N–H and O–H groups in total. The number of nitrogens with one attached hydrogen (secondary N) is 1. The summed E-state index contributed by atoms with van der Waals surface area (Å²) in [6, 6.07) is 10.8. The van der Waals surface area contributed by atoms with Crippen molar-refractivity contribution in [3.8, 4) is 0 Å². The van der Waals surface area contributed by atoms with Crippen LogP contribution in [0.1, 0.15) is 43.7 Å². The summed E-state index contributed by atoms with van der Waals surface area (Å²) in [5.41, 5.74) is 6.97. The molecule has 4 unspecified atom stereocenters. The predicted molar refractivity (Wildman–Crippen MR) is 87.3 cm³/mol. The van der Waals surface area contributed by atoms with Gasteiger partial charge in [0.05, 0.1) is 5.84 Å². The van der Waals surface area contributed by atoms with Gasteiger partial charge in [0.1, 0.15) is 0 Å². The van der Waals surface area contributed by atoms with Gasteiger partial charge in [0.25, 0.3) is 0 Å². The molecule has 3 heteroatoms. The third-order valence-corrected chi connectivity index (χ3v) is 5.54. The quantitative estimate of drug-likeness (QED) is 0.621. The molecular formula is C18H27N3. The largest absolute Gasteiger partial charge is 0.388 e. The highest BCUT2D eigenvalue weighted by Gasteiger charge is 2.40. The van der Waals surface area contributed by atoms with Crippen molar-refractivity contribution in [2.75, 3.05) is 13.6 Å². The van der Waals surface area contributed by atoms with E-state index >= 15 is 0 Å². The molecule has 2 bridgehead atoms. The molecule has 3 rings (SSSR count).